The van der Waals surface area contributed by atoms with Gasteiger partial charge in [-0.15, -0.1) is 0 Å². The first kappa shape index (κ1) is 14.7. The Balaban J connectivity index is 0.00000147. The Morgan fingerprint density at radius 1 is 1.20 bits per heavy atom. The summed E-state index contributed by atoms with van der Waals surface area (Å²) in [5, 5.41) is 3.88. The Morgan fingerprint density at radius 2 is 1.90 bits per heavy atom. The lowest BCUT2D eigenvalue weighted by atomic mass is 9.79. The number of halogens is 1. The maximum atomic E-state index is 5.52. The predicted molar refractivity (Wildman–Crippen MR) is 67.8 cm³/mol. The lowest BCUT2D eigenvalue weighted by Crippen LogP contribution is -3.00. The highest BCUT2D eigenvalue weighted by atomic mass is 35.5. The quantitative estimate of drug-likeness (QED) is 0.684. The first-order valence-electron chi connectivity index (χ1n) is 6.68. The van der Waals surface area contributed by atoms with E-state index in [0.717, 1.165) is 6.54 Å². The largest absolute Gasteiger partial charge is 1.00 e. The summed E-state index contributed by atoms with van der Waals surface area (Å²) in [6.07, 6.45) is 12.0. The van der Waals surface area contributed by atoms with Crippen molar-refractivity contribution in [1.82, 2.24) is 15.2 Å². The number of hydrogen-bond acceptors (Lipinski definition) is 5. The van der Waals surface area contributed by atoms with Gasteiger partial charge >= 0.3 is 0 Å². The molecule has 0 atom stereocenters. The Morgan fingerprint density at radius 3 is 2.50 bits per heavy atom. The van der Waals surface area contributed by atoms with E-state index in [1.165, 1.54) is 31.2 Å². The highest BCUT2D eigenvalue weighted by Gasteiger charge is 2.26. The van der Waals surface area contributed by atoms with E-state index in [4.69, 9.17) is 10.3 Å². The van der Waals surface area contributed by atoms with Crippen LogP contribution in [0.1, 0.15) is 37.2 Å². The normalized spacial score (nSPS) is 22.2. The SMILES string of the molecule is Nc1c[n+](CC2CCC(c3cncnc3)CC2)no1.[Cl-]. The Bertz CT molecular complexity index is 525. The molecule has 0 aliphatic heterocycles. The molecule has 0 saturated heterocycles. The zero-order valence-electron chi connectivity index (χ0n) is 11.2. The lowest BCUT2D eigenvalue weighted by Gasteiger charge is -2.25. The van der Waals surface area contributed by atoms with Crippen LogP contribution in [-0.2, 0) is 6.54 Å². The lowest BCUT2D eigenvalue weighted by molar-refractivity contribution is -0.767. The minimum Gasteiger partial charge on any atom is -1.00 e. The number of anilines is 1. The molecule has 0 amide bonds. The number of nitrogens with zero attached hydrogens (tertiary/aromatic N) is 4. The van der Waals surface area contributed by atoms with Gasteiger partial charge in [0.25, 0.3) is 12.1 Å². The summed E-state index contributed by atoms with van der Waals surface area (Å²) in [6.45, 7) is 0.888. The molecule has 6 nitrogen and oxygen atoms in total. The highest BCUT2D eigenvalue weighted by Crippen LogP contribution is 2.35. The summed E-state index contributed by atoms with van der Waals surface area (Å²) < 4.78 is 6.67. The predicted octanol–water partition coefficient (Wildman–Crippen LogP) is -1.69. The summed E-state index contributed by atoms with van der Waals surface area (Å²) >= 11 is 0. The van der Waals surface area contributed by atoms with E-state index in [-0.39, 0.29) is 12.4 Å². The summed E-state index contributed by atoms with van der Waals surface area (Å²) in [5.41, 5.74) is 6.78. The van der Waals surface area contributed by atoms with Crippen molar-refractivity contribution in [2.45, 2.75) is 38.1 Å². The van der Waals surface area contributed by atoms with Crippen molar-refractivity contribution in [2.24, 2.45) is 5.92 Å². The zero-order chi connectivity index (χ0) is 13.1. The fourth-order valence-electron chi connectivity index (χ4n) is 2.84. The summed E-state index contributed by atoms with van der Waals surface area (Å²) in [7, 11) is 0. The highest BCUT2D eigenvalue weighted by molar-refractivity contribution is 5.12. The van der Waals surface area contributed by atoms with Gasteiger partial charge in [0, 0.05) is 18.3 Å². The monoisotopic (exact) mass is 295 g/mol. The van der Waals surface area contributed by atoms with Crippen LogP contribution < -0.4 is 22.8 Å². The zero-order valence-corrected chi connectivity index (χ0v) is 11.9. The second kappa shape index (κ2) is 6.65. The fraction of sp³-hybridized carbons (Fsp3) is 0.538. The molecular formula is C13H18ClN5O. The molecular weight excluding hydrogens is 278 g/mol. The molecule has 1 aliphatic rings. The molecule has 2 heterocycles. The summed E-state index contributed by atoms with van der Waals surface area (Å²) in [6, 6.07) is 0. The van der Waals surface area contributed by atoms with Crippen molar-refractivity contribution in [3.63, 3.8) is 0 Å². The van der Waals surface area contributed by atoms with Crippen molar-refractivity contribution >= 4 is 5.88 Å². The van der Waals surface area contributed by atoms with Gasteiger partial charge in [-0.3, -0.25) is 4.52 Å². The maximum Gasteiger partial charge on any atom is 0.293 e. The van der Waals surface area contributed by atoms with Crippen molar-refractivity contribution in [1.29, 1.82) is 0 Å². The Labute approximate surface area is 123 Å². The number of nitrogen functional groups attached to an aromatic ring is 1. The molecule has 0 spiro atoms. The fourth-order valence-corrected chi connectivity index (χ4v) is 2.84. The first-order chi connectivity index (χ1) is 9.31. The number of aromatic nitrogens is 4. The van der Waals surface area contributed by atoms with Crippen molar-refractivity contribution in [3.05, 3.63) is 30.5 Å². The van der Waals surface area contributed by atoms with Crippen LogP contribution >= 0.6 is 0 Å². The molecule has 3 rings (SSSR count). The van der Waals surface area contributed by atoms with Crippen LogP contribution in [0.2, 0.25) is 0 Å². The minimum atomic E-state index is 0. The van der Waals surface area contributed by atoms with E-state index < -0.39 is 0 Å². The third-order valence-corrected chi connectivity index (χ3v) is 3.87. The van der Waals surface area contributed by atoms with Crippen molar-refractivity contribution < 1.29 is 21.6 Å². The molecule has 108 valence electrons. The molecule has 0 aromatic carbocycles. The summed E-state index contributed by atoms with van der Waals surface area (Å²) in [5.74, 6) is 1.62. The van der Waals surface area contributed by atoms with Crippen molar-refractivity contribution in [2.75, 3.05) is 5.73 Å². The van der Waals surface area contributed by atoms with Crippen LogP contribution in [0.5, 0.6) is 0 Å². The average Bonchev–Trinajstić information content (AvgIpc) is 2.86. The molecule has 2 aromatic rings. The van der Waals surface area contributed by atoms with Gasteiger partial charge in [-0.05, 0) is 37.2 Å². The standard InChI is InChI=1S/C13H18N5O.ClH/c14-13-8-18(17-19-13)7-10-1-3-11(4-2-10)12-5-15-9-16-6-12;/h5-6,8-11H,1-4,7,14H2;1H/q+1;/p-1. The van der Waals surface area contributed by atoms with E-state index in [2.05, 4.69) is 15.2 Å². The Kier molecular flexibility index (Phi) is 4.89. The average molecular weight is 296 g/mol. The molecule has 1 saturated carbocycles. The van der Waals surface area contributed by atoms with Crippen LogP contribution in [0, 0.1) is 5.92 Å². The molecule has 20 heavy (non-hydrogen) atoms. The molecule has 0 radical (unpaired) electrons. The molecule has 1 fully saturated rings. The van der Waals surface area contributed by atoms with Gasteiger partial charge in [-0.25, -0.2) is 9.97 Å². The van der Waals surface area contributed by atoms with E-state index in [1.807, 2.05) is 12.4 Å². The molecule has 2 aromatic heterocycles. The summed E-state index contributed by atoms with van der Waals surface area (Å²) in [4.78, 5) is 8.20. The second-order valence-corrected chi connectivity index (χ2v) is 5.22. The molecule has 7 heteroatoms. The maximum absolute atomic E-state index is 5.52. The molecule has 1 aliphatic carbocycles. The van der Waals surface area contributed by atoms with E-state index >= 15 is 0 Å². The van der Waals surface area contributed by atoms with Crippen LogP contribution in [0.3, 0.4) is 0 Å². The van der Waals surface area contributed by atoms with Crippen molar-refractivity contribution in [3.8, 4) is 0 Å². The van der Waals surface area contributed by atoms with Gasteiger partial charge in [-0.1, -0.05) is 4.68 Å². The van der Waals surface area contributed by atoms with Gasteiger partial charge < -0.3 is 18.1 Å². The smallest absolute Gasteiger partial charge is 0.293 e. The van der Waals surface area contributed by atoms with Gasteiger partial charge in [-0.2, -0.15) is 0 Å². The van der Waals surface area contributed by atoms with Gasteiger partial charge in [0.15, 0.2) is 6.54 Å². The van der Waals surface area contributed by atoms with Crippen LogP contribution in [-0.4, -0.2) is 15.2 Å². The van der Waals surface area contributed by atoms with Gasteiger partial charge in [0.05, 0.1) is 0 Å². The molecule has 2 N–H and O–H groups in total. The van der Waals surface area contributed by atoms with E-state index in [0.29, 0.717) is 17.7 Å². The van der Waals surface area contributed by atoms with Crippen LogP contribution in [0.25, 0.3) is 0 Å². The minimum absolute atomic E-state index is 0. The number of rotatable bonds is 3. The van der Waals surface area contributed by atoms with Gasteiger partial charge in [0.2, 0.25) is 5.27 Å². The first-order valence-corrected chi connectivity index (χ1v) is 6.68. The van der Waals surface area contributed by atoms with E-state index in [9.17, 15) is 0 Å². The van der Waals surface area contributed by atoms with Crippen LogP contribution in [0.15, 0.2) is 29.4 Å². The molecule has 0 bridgehead atoms. The topological polar surface area (TPSA) is 81.7 Å². The number of hydrogen-bond donors (Lipinski definition) is 1. The second-order valence-electron chi connectivity index (χ2n) is 5.22. The third kappa shape index (κ3) is 3.45. The molecule has 0 unspecified atom stereocenters. The Hall–Kier alpha value is -1.69. The third-order valence-electron chi connectivity index (χ3n) is 3.87. The number of nitrogens with two attached hydrogens (primary N) is 1. The van der Waals surface area contributed by atoms with E-state index in [1.54, 1.807) is 17.2 Å². The van der Waals surface area contributed by atoms with Gasteiger partial charge in [0.1, 0.15) is 6.33 Å². The van der Waals surface area contributed by atoms with Crippen LogP contribution in [0.4, 0.5) is 5.88 Å².